The quantitative estimate of drug-likeness (QED) is 0.420. The van der Waals surface area contributed by atoms with E-state index >= 15 is 0 Å². The van der Waals surface area contributed by atoms with Crippen LogP contribution in [0.2, 0.25) is 0 Å². The van der Waals surface area contributed by atoms with Crippen molar-refractivity contribution >= 4 is 35.0 Å². The Labute approximate surface area is 156 Å². The van der Waals surface area contributed by atoms with E-state index in [1.165, 1.54) is 6.42 Å². The van der Waals surface area contributed by atoms with Crippen molar-refractivity contribution in [1.82, 2.24) is 16.2 Å². The molecule has 3 atom stereocenters. The summed E-state index contributed by atoms with van der Waals surface area (Å²) in [6.45, 7) is 4.44. The highest BCUT2D eigenvalue weighted by atomic mass is 32.2. The van der Waals surface area contributed by atoms with Crippen LogP contribution in [0, 0.1) is 23.5 Å². The number of hydrazine groups is 1. The fraction of sp³-hybridized carbons (Fsp3) is 0.529. The third kappa shape index (κ3) is 6.11. The third-order valence-electron chi connectivity index (χ3n) is 4.59. The highest BCUT2D eigenvalue weighted by Gasteiger charge is 2.27. The van der Waals surface area contributed by atoms with Crippen molar-refractivity contribution in [2.24, 2.45) is 11.8 Å². The van der Waals surface area contributed by atoms with E-state index < -0.39 is 11.6 Å². The number of rotatable bonds is 4. The normalized spacial score (nSPS) is 23.0. The highest BCUT2D eigenvalue weighted by Crippen LogP contribution is 2.29. The van der Waals surface area contributed by atoms with Crippen LogP contribution in [0.5, 0.6) is 0 Å². The van der Waals surface area contributed by atoms with Gasteiger partial charge in [0.1, 0.15) is 11.6 Å². The summed E-state index contributed by atoms with van der Waals surface area (Å²) >= 11 is 6.13. The van der Waals surface area contributed by atoms with Gasteiger partial charge in [-0.05, 0) is 48.7 Å². The molecule has 8 heteroatoms. The fourth-order valence-corrected chi connectivity index (χ4v) is 3.85. The lowest BCUT2D eigenvalue weighted by atomic mass is 9.78. The van der Waals surface area contributed by atoms with E-state index in [9.17, 15) is 13.6 Å². The molecule has 1 amide bonds. The molecular formula is C17H23F2N3OS2. The number of benzene rings is 1. The zero-order chi connectivity index (χ0) is 18.4. The van der Waals surface area contributed by atoms with E-state index in [4.69, 9.17) is 12.2 Å². The largest absolute Gasteiger partial charge is 0.358 e. The molecule has 1 aliphatic rings. The molecule has 0 radical (unpaired) electrons. The number of carbonyl (C=O) groups is 1. The number of hydrogen-bond donors (Lipinski definition) is 3. The smallest absolute Gasteiger partial charge is 0.248 e. The molecular weight excluding hydrogens is 364 g/mol. The van der Waals surface area contributed by atoms with Gasteiger partial charge in [-0.3, -0.25) is 15.6 Å². The Bertz CT molecular complexity index is 630. The van der Waals surface area contributed by atoms with Crippen molar-refractivity contribution < 1.29 is 13.6 Å². The standard InChI is InChI=1S/C17H23F2N3OS2/c1-10-4-3-5-14(11(10)2)20-17(24)22-21-16(23)9-25-15-8-12(18)6-7-13(15)19/h6-8,10-11,14H,3-5,9H2,1-2H3,(H,21,23)(H2,20,22,24)/t10-,11-,14+/m1/s1. The monoisotopic (exact) mass is 387 g/mol. The van der Waals surface area contributed by atoms with Crippen LogP contribution in [-0.4, -0.2) is 22.8 Å². The van der Waals surface area contributed by atoms with E-state index in [0.717, 1.165) is 42.8 Å². The molecule has 0 heterocycles. The van der Waals surface area contributed by atoms with Crippen LogP contribution in [0.15, 0.2) is 23.1 Å². The summed E-state index contributed by atoms with van der Waals surface area (Å²) in [7, 11) is 0. The Kier molecular flexibility index (Phi) is 7.43. The zero-order valence-corrected chi connectivity index (χ0v) is 15.9. The molecule has 0 spiro atoms. The minimum Gasteiger partial charge on any atom is -0.358 e. The molecule has 0 aromatic heterocycles. The van der Waals surface area contributed by atoms with Crippen LogP contribution in [0.25, 0.3) is 0 Å². The van der Waals surface area contributed by atoms with Gasteiger partial charge in [-0.25, -0.2) is 8.78 Å². The first-order valence-corrected chi connectivity index (χ1v) is 9.69. The number of carbonyl (C=O) groups excluding carboxylic acids is 1. The van der Waals surface area contributed by atoms with Crippen LogP contribution in [0.4, 0.5) is 8.78 Å². The Morgan fingerprint density at radius 3 is 2.80 bits per heavy atom. The first kappa shape index (κ1) is 19.9. The van der Waals surface area contributed by atoms with Gasteiger partial charge < -0.3 is 5.32 Å². The van der Waals surface area contributed by atoms with E-state index in [0.29, 0.717) is 16.9 Å². The number of thioether (sulfide) groups is 1. The summed E-state index contributed by atoms with van der Waals surface area (Å²) in [5.41, 5.74) is 5.14. The molecule has 2 rings (SSSR count). The lowest BCUT2D eigenvalue weighted by Gasteiger charge is -2.35. The molecule has 0 unspecified atom stereocenters. The maximum Gasteiger partial charge on any atom is 0.248 e. The van der Waals surface area contributed by atoms with Gasteiger partial charge in [0.05, 0.1) is 5.75 Å². The summed E-state index contributed by atoms with van der Waals surface area (Å²) in [6.07, 6.45) is 3.44. The van der Waals surface area contributed by atoms with Gasteiger partial charge in [0.15, 0.2) is 5.11 Å². The Morgan fingerprint density at radius 1 is 1.28 bits per heavy atom. The molecule has 1 aliphatic carbocycles. The number of thiocarbonyl (C=S) groups is 1. The second kappa shape index (κ2) is 9.33. The van der Waals surface area contributed by atoms with Gasteiger partial charge >= 0.3 is 0 Å². The summed E-state index contributed by atoms with van der Waals surface area (Å²) in [5, 5.41) is 3.60. The molecule has 0 bridgehead atoms. The van der Waals surface area contributed by atoms with Gasteiger partial charge in [-0.15, -0.1) is 11.8 Å². The lowest BCUT2D eigenvalue weighted by Crippen LogP contribution is -2.52. The number of amides is 1. The van der Waals surface area contributed by atoms with Crippen molar-refractivity contribution in [1.29, 1.82) is 0 Å². The van der Waals surface area contributed by atoms with Crippen LogP contribution < -0.4 is 16.2 Å². The maximum atomic E-state index is 13.5. The van der Waals surface area contributed by atoms with E-state index in [1.54, 1.807) is 0 Å². The molecule has 0 saturated heterocycles. The van der Waals surface area contributed by atoms with Crippen molar-refractivity contribution in [3.8, 4) is 0 Å². The number of hydrogen-bond acceptors (Lipinski definition) is 3. The molecule has 1 aromatic rings. The third-order valence-corrected chi connectivity index (χ3v) is 5.84. The SMILES string of the molecule is C[C@@H]1[C@H](C)CCC[C@@H]1NC(=S)NNC(=O)CSc1cc(F)ccc1F. The summed E-state index contributed by atoms with van der Waals surface area (Å²) in [5.74, 6) is -0.361. The Balaban J connectivity index is 1.72. The van der Waals surface area contributed by atoms with Crippen molar-refractivity contribution in [3.63, 3.8) is 0 Å². The van der Waals surface area contributed by atoms with Crippen LogP contribution in [-0.2, 0) is 4.79 Å². The second-order valence-electron chi connectivity index (χ2n) is 6.38. The van der Waals surface area contributed by atoms with Crippen molar-refractivity contribution in [2.45, 2.75) is 44.0 Å². The average Bonchev–Trinajstić information content (AvgIpc) is 2.58. The average molecular weight is 388 g/mol. The molecule has 3 N–H and O–H groups in total. The molecule has 1 saturated carbocycles. The van der Waals surface area contributed by atoms with E-state index in [-0.39, 0.29) is 22.6 Å². The molecule has 138 valence electrons. The zero-order valence-electron chi connectivity index (χ0n) is 14.3. The minimum atomic E-state index is -0.551. The van der Waals surface area contributed by atoms with Crippen molar-refractivity contribution in [3.05, 3.63) is 29.8 Å². The minimum absolute atomic E-state index is 0.0488. The molecule has 0 aliphatic heterocycles. The highest BCUT2D eigenvalue weighted by molar-refractivity contribution is 8.00. The van der Waals surface area contributed by atoms with Gasteiger partial charge in [-0.1, -0.05) is 26.7 Å². The van der Waals surface area contributed by atoms with Crippen LogP contribution in [0.1, 0.15) is 33.1 Å². The number of halogens is 2. The molecule has 4 nitrogen and oxygen atoms in total. The molecule has 1 fully saturated rings. The Hall–Kier alpha value is -1.41. The summed E-state index contributed by atoms with van der Waals surface area (Å²) in [4.78, 5) is 11.9. The van der Waals surface area contributed by atoms with Gasteiger partial charge in [0.25, 0.3) is 0 Å². The molecule has 1 aromatic carbocycles. The lowest BCUT2D eigenvalue weighted by molar-refractivity contribution is -0.119. The number of nitrogens with one attached hydrogen (secondary N) is 3. The summed E-state index contributed by atoms with van der Waals surface area (Å²) < 4.78 is 26.6. The van der Waals surface area contributed by atoms with Gasteiger partial charge in [-0.2, -0.15) is 0 Å². The van der Waals surface area contributed by atoms with Gasteiger partial charge in [0, 0.05) is 10.9 Å². The first-order chi connectivity index (χ1) is 11.9. The maximum absolute atomic E-state index is 13.5. The van der Waals surface area contributed by atoms with E-state index in [1.807, 2.05) is 0 Å². The Morgan fingerprint density at radius 2 is 2.04 bits per heavy atom. The predicted octanol–water partition coefficient (Wildman–Crippen LogP) is 3.38. The predicted molar refractivity (Wildman–Crippen MR) is 100 cm³/mol. The first-order valence-electron chi connectivity index (χ1n) is 8.30. The van der Waals surface area contributed by atoms with E-state index in [2.05, 4.69) is 30.0 Å². The van der Waals surface area contributed by atoms with Crippen LogP contribution in [0.3, 0.4) is 0 Å². The topological polar surface area (TPSA) is 53.2 Å². The van der Waals surface area contributed by atoms with Gasteiger partial charge in [0.2, 0.25) is 5.91 Å². The fourth-order valence-electron chi connectivity index (χ4n) is 2.88. The van der Waals surface area contributed by atoms with Crippen LogP contribution >= 0.6 is 24.0 Å². The second-order valence-corrected chi connectivity index (χ2v) is 7.81. The molecule has 25 heavy (non-hydrogen) atoms. The summed E-state index contributed by atoms with van der Waals surface area (Å²) in [6, 6.07) is 3.44. The van der Waals surface area contributed by atoms with Crippen molar-refractivity contribution in [2.75, 3.05) is 5.75 Å².